The first kappa shape index (κ1) is 13.5. The molecule has 0 radical (unpaired) electrons. The number of aliphatic hydroxyl groups excluding tert-OH is 1. The summed E-state index contributed by atoms with van der Waals surface area (Å²) in [6.07, 6.45) is 1.16. The maximum absolute atomic E-state index is 8.63. The predicted molar refractivity (Wildman–Crippen MR) is 72.7 cm³/mol. The van der Waals surface area contributed by atoms with Crippen LogP contribution >= 0.6 is 0 Å². The highest BCUT2D eigenvalue weighted by Gasteiger charge is 2.28. The summed E-state index contributed by atoms with van der Waals surface area (Å²) < 4.78 is 5.28. The number of hydrogen-bond donors (Lipinski definition) is 2. The normalized spacial score (nSPS) is 22.2. The van der Waals surface area contributed by atoms with Crippen molar-refractivity contribution in [1.29, 1.82) is 0 Å². The van der Waals surface area contributed by atoms with Crippen molar-refractivity contribution in [3.63, 3.8) is 0 Å². The fourth-order valence-electron chi connectivity index (χ4n) is 2.73. The number of nitrogens with one attached hydrogen (secondary N) is 1. The lowest BCUT2D eigenvalue weighted by Crippen LogP contribution is -2.27. The van der Waals surface area contributed by atoms with Gasteiger partial charge in [-0.1, -0.05) is 30.7 Å². The molecule has 100 valence electrons. The molecule has 0 spiro atoms. The van der Waals surface area contributed by atoms with Crippen molar-refractivity contribution in [2.75, 3.05) is 26.4 Å². The summed E-state index contributed by atoms with van der Waals surface area (Å²) in [4.78, 5) is 0. The first-order valence-corrected chi connectivity index (χ1v) is 6.74. The molecule has 0 fully saturated rings. The van der Waals surface area contributed by atoms with Crippen molar-refractivity contribution in [2.45, 2.75) is 26.3 Å². The minimum Gasteiger partial charge on any atom is -0.394 e. The van der Waals surface area contributed by atoms with E-state index in [1.54, 1.807) is 0 Å². The molecule has 1 aliphatic carbocycles. The number of fused-ring (bicyclic) bond motifs is 1. The number of aryl methyl sites for hydroxylation is 1. The Morgan fingerprint density at radius 3 is 3.00 bits per heavy atom. The van der Waals surface area contributed by atoms with E-state index in [9.17, 15) is 0 Å². The molecule has 2 N–H and O–H groups in total. The Balaban J connectivity index is 1.91. The highest BCUT2D eigenvalue weighted by molar-refractivity contribution is 5.38. The minimum absolute atomic E-state index is 0.0991. The largest absolute Gasteiger partial charge is 0.394 e. The molecular formula is C15H23NO2. The number of hydrogen-bond acceptors (Lipinski definition) is 3. The molecule has 0 saturated heterocycles. The van der Waals surface area contributed by atoms with Gasteiger partial charge in [0.25, 0.3) is 0 Å². The zero-order valence-electron chi connectivity index (χ0n) is 11.3. The smallest absolute Gasteiger partial charge is 0.0698 e. The van der Waals surface area contributed by atoms with E-state index in [1.165, 1.54) is 16.7 Å². The second-order valence-corrected chi connectivity index (χ2v) is 5.15. The van der Waals surface area contributed by atoms with E-state index >= 15 is 0 Å². The van der Waals surface area contributed by atoms with Crippen LogP contribution in [0.5, 0.6) is 0 Å². The van der Waals surface area contributed by atoms with Crippen LogP contribution in [0.4, 0.5) is 0 Å². The van der Waals surface area contributed by atoms with E-state index in [4.69, 9.17) is 9.84 Å². The van der Waals surface area contributed by atoms with E-state index in [2.05, 4.69) is 37.4 Å². The Kier molecular flexibility index (Phi) is 4.75. The topological polar surface area (TPSA) is 41.5 Å². The van der Waals surface area contributed by atoms with Crippen LogP contribution in [0.1, 0.15) is 29.7 Å². The van der Waals surface area contributed by atoms with Crippen molar-refractivity contribution in [2.24, 2.45) is 5.92 Å². The number of aliphatic hydroxyl groups is 1. The average molecular weight is 249 g/mol. The van der Waals surface area contributed by atoms with Gasteiger partial charge >= 0.3 is 0 Å². The fraction of sp³-hybridized carbons (Fsp3) is 0.600. The van der Waals surface area contributed by atoms with Crippen LogP contribution in [0.25, 0.3) is 0 Å². The van der Waals surface area contributed by atoms with Crippen molar-refractivity contribution in [1.82, 2.24) is 5.32 Å². The Morgan fingerprint density at radius 2 is 2.22 bits per heavy atom. The first-order valence-electron chi connectivity index (χ1n) is 6.74. The number of rotatable bonds is 6. The van der Waals surface area contributed by atoms with Gasteiger partial charge in [-0.15, -0.1) is 0 Å². The lowest BCUT2D eigenvalue weighted by atomic mass is 10.0. The predicted octanol–water partition coefficient (Wildman–Crippen LogP) is 1.83. The van der Waals surface area contributed by atoms with Crippen molar-refractivity contribution < 1.29 is 9.84 Å². The summed E-state index contributed by atoms with van der Waals surface area (Å²) in [6.45, 7) is 6.46. The molecule has 0 heterocycles. The van der Waals surface area contributed by atoms with Gasteiger partial charge in [-0.2, -0.15) is 0 Å². The molecule has 3 heteroatoms. The second-order valence-electron chi connectivity index (χ2n) is 5.15. The number of benzene rings is 1. The van der Waals surface area contributed by atoms with Crippen LogP contribution in [-0.4, -0.2) is 31.5 Å². The zero-order chi connectivity index (χ0) is 13.0. The molecule has 0 aliphatic heterocycles. The van der Waals surface area contributed by atoms with Gasteiger partial charge in [0.15, 0.2) is 0 Å². The fourth-order valence-corrected chi connectivity index (χ4v) is 2.73. The molecule has 18 heavy (non-hydrogen) atoms. The minimum atomic E-state index is 0.0991. The van der Waals surface area contributed by atoms with Crippen LogP contribution in [0.15, 0.2) is 18.2 Å². The molecule has 2 atom stereocenters. The summed E-state index contributed by atoms with van der Waals surface area (Å²) in [5.41, 5.74) is 4.25. The lowest BCUT2D eigenvalue weighted by molar-refractivity contribution is 0.0918. The highest BCUT2D eigenvalue weighted by atomic mass is 16.5. The van der Waals surface area contributed by atoms with Gasteiger partial charge < -0.3 is 15.2 Å². The second kappa shape index (κ2) is 6.32. The monoisotopic (exact) mass is 249 g/mol. The molecule has 0 amide bonds. The number of ether oxygens (including phenoxy) is 1. The summed E-state index contributed by atoms with van der Waals surface area (Å²) in [6, 6.07) is 7.19. The van der Waals surface area contributed by atoms with Crippen LogP contribution in [0.3, 0.4) is 0 Å². The highest BCUT2D eigenvalue weighted by Crippen LogP contribution is 2.36. The van der Waals surface area contributed by atoms with E-state index in [0.29, 0.717) is 25.2 Å². The standard InChI is InChI=1S/C15H23NO2/c1-11-3-4-13-10-12(2)15(14(13)9-11)16-5-7-18-8-6-17/h3-4,9,12,15-17H,5-8,10H2,1-2H3/t12-,15+/m0/s1. The van der Waals surface area contributed by atoms with Crippen LogP contribution < -0.4 is 5.32 Å². The average Bonchev–Trinajstić information content (AvgIpc) is 2.65. The van der Waals surface area contributed by atoms with Crippen molar-refractivity contribution in [3.05, 3.63) is 34.9 Å². The van der Waals surface area contributed by atoms with E-state index in [0.717, 1.165) is 13.0 Å². The molecule has 0 aromatic heterocycles. The summed E-state index contributed by atoms with van der Waals surface area (Å²) in [5.74, 6) is 0.639. The van der Waals surface area contributed by atoms with Gasteiger partial charge in [0.2, 0.25) is 0 Å². The Labute approximate surface area is 109 Å². The SMILES string of the molecule is Cc1ccc2c(c1)[C@H](NCCOCCO)[C@@H](C)C2. The van der Waals surface area contributed by atoms with Crippen molar-refractivity contribution in [3.8, 4) is 0 Å². The molecule has 2 rings (SSSR count). The molecule has 1 aromatic carbocycles. The van der Waals surface area contributed by atoms with Gasteiger partial charge in [-0.25, -0.2) is 0 Å². The summed E-state index contributed by atoms with van der Waals surface area (Å²) >= 11 is 0. The molecule has 0 saturated carbocycles. The third kappa shape index (κ3) is 3.10. The molecule has 1 aromatic rings. The third-order valence-electron chi connectivity index (χ3n) is 3.59. The zero-order valence-corrected chi connectivity index (χ0v) is 11.3. The summed E-state index contributed by atoms with van der Waals surface area (Å²) in [5, 5.41) is 12.2. The van der Waals surface area contributed by atoms with Crippen LogP contribution in [0.2, 0.25) is 0 Å². The van der Waals surface area contributed by atoms with Gasteiger partial charge in [-0.05, 0) is 30.4 Å². The quantitative estimate of drug-likeness (QED) is 0.756. The molecule has 0 bridgehead atoms. The van der Waals surface area contributed by atoms with E-state index < -0.39 is 0 Å². The lowest BCUT2D eigenvalue weighted by Gasteiger charge is -2.19. The van der Waals surface area contributed by atoms with E-state index in [1.807, 2.05) is 0 Å². The molecule has 1 aliphatic rings. The maximum Gasteiger partial charge on any atom is 0.0698 e. The van der Waals surface area contributed by atoms with Gasteiger partial charge in [-0.3, -0.25) is 0 Å². The van der Waals surface area contributed by atoms with Gasteiger partial charge in [0, 0.05) is 12.6 Å². The van der Waals surface area contributed by atoms with E-state index in [-0.39, 0.29) is 6.61 Å². The Bertz CT molecular complexity index is 392. The molecule has 0 unspecified atom stereocenters. The summed E-state index contributed by atoms with van der Waals surface area (Å²) in [7, 11) is 0. The van der Waals surface area contributed by atoms with Gasteiger partial charge in [0.1, 0.15) is 0 Å². The van der Waals surface area contributed by atoms with Gasteiger partial charge in [0.05, 0.1) is 19.8 Å². The van der Waals surface area contributed by atoms with Crippen LogP contribution in [0, 0.1) is 12.8 Å². The molecular weight excluding hydrogens is 226 g/mol. The first-order chi connectivity index (χ1) is 8.72. The Hall–Kier alpha value is -0.900. The van der Waals surface area contributed by atoms with Crippen molar-refractivity contribution >= 4 is 0 Å². The molecule has 3 nitrogen and oxygen atoms in total. The maximum atomic E-state index is 8.63. The van der Waals surface area contributed by atoms with Crippen LogP contribution in [-0.2, 0) is 11.2 Å². The third-order valence-corrected chi connectivity index (χ3v) is 3.59. The Morgan fingerprint density at radius 1 is 1.39 bits per heavy atom.